The Labute approximate surface area is 118 Å². The number of primary amides is 1. The SMILES string of the molecule is CC(COc1c(F)cc([N+](=O)[O-])cc1S(N)(=O)=O)C(N)=O. The Morgan fingerprint density at radius 3 is 2.52 bits per heavy atom. The fourth-order valence-corrected chi connectivity index (χ4v) is 2.00. The van der Waals surface area contributed by atoms with Crippen molar-refractivity contribution in [2.24, 2.45) is 16.8 Å². The highest BCUT2D eigenvalue weighted by Crippen LogP contribution is 2.31. The molecule has 1 rings (SSSR count). The first kappa shape index (κ1) is 16.8. The molecule has 1 unspecified atom stereocenters. The van der Waals surface area contributed by atoms with Crippen molar-refractivity contribution in [2.45, 2.75) is 11.8 Å². The zero-order valence-corrected chi connectivity index (χ0v) is 11.6. The smallest absolute Gasteiger partial charge is 0.274 e. The van der Waals surface area contributed by atoms with E-state index in [9.17, 15) is 27.7 Å². The van der Waals surface area contributed by atoms with Gasteiger partial charge in [-0.1, -0.05) is 6.92 Å². The minimum Gasteiger partial charge on any atom is -0.488 e. The summed E-state index contributed by atoms with van der Waals surface area (Å²) in [4.78, 5) is 19.6. The van der Waals surface area contributed by atoms with Crippen molar-refractivity contribution >= 4 is 21.6 Å². The number of nitrogens with zero attached hydrogens (tertiary/aromatic N) is 1. The molecule has 0 bridgehead atoms. The molecule has 0 aliphatic carbocycles. The average Bonchev–Trinajstić information content (AvgIpc) is 2.34. The largest absolute Gasteiger partial charge is 0.488 e. The van der Waals surface area contributed by atoms with Gasteiger partial charge >= 0.3 is 0 Å². The van der Waals surface area contributed by atoms with Crippen LogP contribution in [0.15, 0.2) is 17.0 Å². The van der Waals surface area contributed by atoms with Crippen molar-refractivity contribution in [2.75, 3.05) is 6.61 Å². The van der Waals surface area contributed by atoms with Gasteiger partial charge in [-0.15, -0.1) is 0 Å². The van der Waals surface area contributed by atoms with E-state index in [1.807, 2.05) is 0 Å². The normalized spacial score (nSPS) is 12.7. The molecule has 0 fully saturated rings. The molecule has 0 saturated heterocycles. The van der Waals surface area contributed by atoms with Crippen LogP contribution in [0, 0.1) is 21.8 Å². The van der Waals surface area contributed by atoms with Crippen molar-refractivity contribution in [3.05, 3.63) is 28.1 Å². The van der Waals surface area contributed by atoms with E-state index in [-0.39, 0.29) is 0 Å². The Morgan fingerprint density at radius 1 is 1.52 bits per heavy atom. The van der Waals surface area contributed by atoms with Gasteiger partial charge in [0, 0.05) is 6.07 Å². The first-order valence-corrected chi connectivity index (χ1v) is 7.01. The lowest BCUT2D eigenvalue weighted by molar-refractivity contribution is -0.385. The van der Waals surface area contributed by atoms with Crippen LogP contribution in [-0.2, 0) is 14.8 Å². The minimum atomic E-state index is -4.47. The summed E-state index contributed by atoms with van der Waals surface area (Å²) < 4.78 is 41.4. The molecular weight excluding hydrogens is 309 g/mol. The number of benzene rings is 1. The summed E-state index contributed by atoms with van der Waals surface area (Å²) in [7, 11) is -4.47. The predicted molar refractivity (Wildman–Crippen MR) is 68.3 cm³/mol. The van der Waals surface area contributed by atoms with Gasteiger partial charge in [0.2, 0.25) is 15.9 Å². The number of primary sulfonamides is 1. The van der Waals surface area contributed by atoms with Crippen molar-refractivity contribution in [1.29, 1.82) is 0 Å². The molecule has 0 aromatic heterocycles. The van der Waals surface area contributed by atoms with Crippen LogP contribution in [0.4, 0.5) is 10.1 Å². The number of nitro groups is 1. The quantitative estimate of drug-likeness (QED) is 0.549. The van der Waals surface area contributed by atoms with E-state index in [0.29, 0.717) is 12.1 Å². The Kier molecular flexibility index (Phi) is 4.80. The zero-order valence-electron chi connectivity index (χ0n) is 10.8. The number of hydrogen-bond donors (Lipinski definition) is 2. The summed E-state index contributed by atoms with van der Waals surface area (Å²) >= 11 is 0. The molecule has 0 saturated carbocycles. The molecular formula is C10H12FN3O6S. The molecule has 0 spiro atoms. The molecule has 1 atom stereocenters. The highest BCUT2D eigenvalue weighted by molar-refractivity contribution is 7.89. The van der Waals surface area contributed by atoms with Crippen LogP contribution >= 0.6 is 0 Å². The van der Waals surface area contributed by atoms with E-state index in [1.54, 1.807) is 0 Å². The summed E-state index contributed by atoms with van der Waals surface area (Å²) in [6.07, 6.45) is 0. The minimum absolute atomic E-state index is 0.410. The average molecular weight is 321 g/mol. The molecule has 4 N–H and O–H groups in total. The Bertz CT molecular complexity index is 690. The number of nitro benzene ring substituents is 1. The number of ether oxygens (including phenoxy) is 1. The number of rotatable bonds is 6. The van der Waals surface area contributed by atoms with Gasteiger partial charge in [-0.2, -0.15) is 0 Å². The van der Waals surface area contributed by atoms with E-state index >= 15 is 0 Å². The van der Waals surface area contributed by atoms with Crippen LogP contribution in [0.3, 0.4) is 0 Å². The molecule has 0 heterocycles. The molecule has 116 valence electrons. The number of non-ortho nitro benzene ring substituents is 1. The monoisotopic (exact) mass is 321 g/mol. The topological polar surface area (TPSA) is 156 Å². The van der Waals surface area contributed by atoms with Gasteiger partial charge in [0.05, 0.1) is 23.5 Å². The van der Waals surface area contributed by atoms with Crippen LogP contribution in [-0.4, -0.2) is 25.9 Å². The van der Waals surface area contributed by atoms with Gasteiger partial charge in [-0.05, 0) is 0 Å². The summed E-state index contributed by atoms with van der Waals surface area (Å²) in [6, 6.07) is 1.06. The lowest BCUT2D eigenvalue weighted by Gasteiger charge is -2.13. The number of carbonyl (C=O) groups is 1. The summed E-state index contributed by atoms with van der Waals surface area (Å²) in [5.74, 6) is -3.65. The van der Waals surface area contributed by atoms with E-state index in [4.69, 9.17) is 15.6 Å². The van der Waals surface area contributed by atoms with Gasteiger partial charge < -0.3 is 10.5 Å². The summed E-state index contributed by atoms with van der Waals surface area (Å²) in [6.45, 7) is 0.967. The van der Waals surface area contributed by atoms with Crippen molar-refractivity contribution in [1.82, 2.24) is 0 Å². The third-order valence-corrected chi connectivity index (χ3v) is 3.39. The molecule has 11 heteroatoms. The van der Waals surface area contributed by atoms with Crippen LogP contribution < -0.4 is 15.6 Å². The van der Waals surface area contributed by atoms with Crippen molar-refractivity contribution < 1.29 is 27.3 Å². The molecule has 0 aliphatic rings. The second-order valence-corrected chi connectivity index (χ2v) is 5.70. The van der Waals surface area contributed by atoms with E-state index < -0.39 is 55.5 Å². The van der Waals surface area contributed by atoms with Gasteiger partial charge in [-0.3, -0.25) is 14.9 Å². The van der Waals surface area contributed by atoms with Gasteiger partial charge in [0.25, 0.3) is 5.69 Å². The molecule has 0 radical (unpaired) electrons. The molecule has 1 amide bonds. The first-order valence-electron chi connectivity index (χ1n) is 5.47. The van der Waals surface area contributed by atoms with Gasteiger partial charge in [-0.25, -0.2) is 17.9 Å². The molecule has 1 aromatic rings. The fourth-order valence-electron chi connectivity index (χ4n) is 1.30. The van der Waals surface area contributed by atoms with E-state index in [1.165, 1.54) is 6.92 Å². The summed E-state index contributed by atoms with van der Waals surface area (Å²) in [5, 5.41) is 15.5. The third-order valence-electron chi connectivity index (χ3n) is 2.48. The number of hydrogen-bond acceptors (Lipinski definition) is 6. The second kappa shape index (κ2) is 6.01. The van der Waals surface area contributed by atoms with Crippen molar-refractivity contribution in [3.63, 3.8) is 0 Å². The van der Waals surface area contributed by atoms with Crippen LogP contribution in [0.25, 0.3) is 0 Å². The van der Waals surface area contributed by atoms with Gasteiger partial charge in [0.1, 0.15) is 4.90 Å². The maximum absolute atomic E-state index is 13.8. The van der Waals surface area contributed by atoms with Crippen LogP contribution in [0.2, 0.25) is 0 Å². The first-order chi connectivity index (χ1) is 9.54. The van der Waals surface area contributed by atoms with Crippen LogP contribution in [0.1, 0.15) is 6.92 Å². The molecule has 1 aromatic carbocycles. The standard InChI is InChI=1S/C10H12FN3O6S/c1-5(10(12)15)4-20-9-7(11)2-6(14(16)17)3-8(9)21(13,18)19/h2-3,5H,4H2,1H3,(H2,12,15)(H2,13,18,19). The predicted octanol–water partition coefficient (Wildman–Crippen LogP) is -0.118. The maximum atomic E-state index is 13.8. The Hall–Kier alpha value is -2.27. The highest BCUT2D eigenvalue weighted by atomic mass is 32.2. The lowest BCUT2D eigenvalue weighted by Crippen LogP contribution is -2.26. The number of carbonyl (C=O) groups excluding carboxylic acids is 1. The number of amides is 1. The van der Waals surface area contributed by atoms with E-state index in [2.05, 4.69) is 0 Å². The zero-order chi connectivity index (χ0) is 16.4. The number of nitrogens with two attached hydrogens (primary N) is 2. The Morgan fingerprint density at radius 2 is 2.10 bits per heavy atom. The molecule has 0 aliphatic heterocycles. The maximum Gasteiger partial charge on any atom is 0.274 e. The molecule has 9 nitrogen and oxygen atoms in total. The lowest BCUT2D eigenvalue weighted by atomic mass is 10.2. The number of halogens is 1. The van der Waals surface area contributed by atoms with E-state index in [0.717, 1.165) is 0 Å². The van der Waals surface area contributed by atoms with Crippen molar-refractivity contribution in [3.8, 4) is 5.75 Å². The fraction of sp³-hybridized carbons (Fsp3) is 0.300. The Balaban J connectivity index is 3.30. The molecule has 21 heavy (non-hydrogen) atoms. The van der Waals surface area contributed by atoms with Crippen LogP contribution in [0.5, 0.6) is 5.75 Å². The second-order valence-electron chi connectivity index (χ2n) is 4.17. The highest BCUT2D eigenvalue weighted by Gasteiger charge is 2.25. The van der Waals surface area contributed by atoms with Gasteiger partial charge in [0.15, 0.2) is 11.6 Å². The summed E-state index contributed by atoms with van der Waals surface area (Å²) in [5.41, 5.74) is 4.18. The number of sulfonamides is 1. The third kappa shape index (κ3) is 4.10.